The van der Waals surface area contributed by atoms with Crippen molar-refractivity contribution in [3.05, 3.63) is 35.4 Å². The summed E-state index contributed by atoms with van der Waals surface area (Å²) >= 11 is 0. The van der Waals surface area contributed by atoms with Crippen molar-refractivity contribution < 1.29 is 0 Å². The second-order valence-electron chi connectivity index (χ2n) is 6.46. The Bertz CT molecular complexity index is 399. The fraction of sp³-hybridized carbons (Fsp3) is 0.667. The number of rotatable bonds is 8. The van der Waals surface area contributed by atoms with Gasteiger partial charge in [-0.1, -0.05) is 31.2 Å². The number of hydrogen-bond donors (Lipinski definition) is 1. The van der Waals surface area contributed by atoms with Gasteiger partial charge in [-0.3, -0.25) is 4.90 Å². The van der Waals surface area contributed by atoms with Crippen molar-refractivity contribution in [1.82, 2.24) is 15.1 Å². The first-order valence-corrected chi connectivity index (χ1v) is 8.36. The molecule has 0 amide bonds. The van der Waals surface area contributed by atoms with Gasteiger partial charge in [-0.15, -0.1) is 0 Å². The Hall–Kier alpha value is -0.900. The van der Waals surface area contributed by atoms with Crippen LogP contribution >= 0.6 is 0 Å². The van der Waals surface area contributed by atoms with Gasteiger partial charge in [0.15, 0.2) is 0 Å². The van der Waals surface area contributed by atoms with Gasteiger partial charge in [-0.2, -0.15) is 0 Å². The molecule has 0 aromatic heterocycles. The summed E-state index contributed by atoms with van der Waals surface area (Å²) in [6.07, 6.45) is 3.64. The highest BCUT2D eigenvalue weighted by atomic mass is 15.2. The third-order valence-electron chi connectivity index (χ3n) is 4.42. The van der Waals surface area contributed by atoms with Crippen LogP contribution in [0.5, 0.6) is 0 Å². The Balaban J connectivity index is 1.75. The van der Waals surface area contributed by atoms with E-state index < -0.39 is 0 Å². The standard InChI is InChI=1S/C18H31N3/c1-4-11-19-12-9-16-5-7-17(8-6-16)14-21-13-10-18(15-21)20(2)3/h5-8,18-19H,4,9-15H2,1-3H3. The molecule has 118 valence electrons. The van der Waals surface area contributed by atoms with Crippen molar-refractivity contribution in [3.63, 3.8) is 0 Å². The van der Waals surface area contributed by atoms with Gasteiger partial charge in [0.05, 0.1) is 0 Å². The Labute approximate surface area is 130 Å². The highest BCUT2D eigenvalue weighted by Gasteiger charge is 2.23. The van der Waals surface area contributed by atoms with E-state index in [1.807, 2.05) is 0 Å². The van der Waals surface area contributed by atoms with Gasteiger partial charge in [0, 0.05) is 25.7 Å². The average molecular weight is 289 g/mol. The molecule has 1 atom stereocenters. The van der Waals surface area contributed by atoms with E-state index in [1.54, 1.807) is 0 Å². The number of likely N-dealkylation sites (tertiary alicyclic amines) is 1. The lowest BCUT2D eigenvalue weighted by atomic mass is 10.1. The molecule has 3 nitrogen and oxygen atoms in total. The molecule has 1 unspecified atom stereocenters. The maximum absolute atomic E-state index is 3.46. The Kier molecular flexibility index (Phi) is 6.68. The highest BCUT2D eigenvalue weighted by Crippen LogP contribution is 2.16. The first-order chi connectivity index (χ1) is 10.2. The van der Waals surface area contributed by atoms with Crippen LogP contribution in [-0.2, 0) is 13.0 Å². The van der Waals surface area contributed by atoms with E-state index in [4.69, 9.17) is 0 Å². The summed E-state index contributed by atoms with van der Waals surface area (Å²) in [7, 11) is 4.38. The predicted molar refractivity (Wildman–Crippen MR) is 90.7 cm³/mol. The minimum atomic E-state index is 0.730. The summed E-state index contributed by atoms with van der Waals surface area (Å²) in [5, 5.41) is 3.46. The lowest BCUT2D eigenvalue weighted by Gasteiger charge is -2.20. The van der Waals surface area contributed by atoms with Gasteiger partial charge >= 0.3 is 0 Å². The molecular formula is C18H31N3. The topological polar surface area (TPSA) is 18.5 Å². The molecule has 0 aliphatic carbocycles. The maximum Gasteiger partial charge on any atom is 0.0234 e. The van der Waals surface area contributed by atoms with Gasteiger partial charge in [0.1, 0.15) is 0 Å². The van der Waals surface area contributed by atoms with Crippen molar-refractivity contribution in [2.75, 3.05) is 40.3 Å². The van der Waals surface area contributed by atoms with E-state index in [1.165, 1.54) is 37.1 Å². The molecule has 0 saturated carbocycles. The third-order valence-corrected chi connectivity index (χ3v) is 4.42. The summed E-state index contributed by atoms with van der Waals surface area (Å²) in [5.41, 5.74) is 2.88. The van der Waals surface area contributed by atoms with Gasteiger partial charge in [0.25, 0.3) is 0 Å². The van der Waals surface area contributed by atoms with Crippen LogP contribution in [0.25, 0.3) is 0 Å². The molecule has 2 rings (SSSR count). The quantitative estimate of drug-likeness (QED) is 0.741. The molecule has 3 heteroatoms. The van der Waals surface area contributed by atoms with E-state index in [9.17, 15) is 0 Å². The predicted octanol–water partition coefficient (Wildman–Crippen LogP) is 2.36. The van der Waals surface area contributed by atoms with E-state index in [0.717, 1.165) is 32.1 Å². The molecule has 0 spiro atoms. The minimum absolute atomic E-state index is 0.730. The van der Waals surface area contributed by atoms with Gasteiger partial charge in [0.2, 0.25) is 0 Å². The number of nitrogens with one attached hydrogen (secondary N) is 1. The summed E-state index contributed by atoms with van der Waals surface area (Å²) < 4.78 is 0. The molecule has 1 aromatic carbocycles. The lowest BCUT2D eigenvalue weighted by molar-refractivity contribution is 0.264. The highest BCUT2D eigenvalue weighted by molar-refractivity contribution is 5.23. The molecule has 1 fully saturated rings. The molecule has 1 aliphatic heterocycles. The molecule has 1 aliphatic rings. The van der Waals surface area contributed by atoms with Crippen LogP contribution in [0.2, 0.25) is 0 Å². The zero-order valence-corrected chi connectivity index (χ0v) is 13.9. The molecule has 21 heavy (non-hydrogen) atoms. The molecule has 1 saturated heterocycles. The van der Waals surface area contributed by atoms with Crippen molar-refractivity contribution in [1.29, 1.82) is 0 Å². The van der Waals surface area contributed by atoms with Crippen LogP contribution in [-0.4, -0.2) is 56.1 Å². The van der Waals surface area contributed by atoms with Crippen LogP contribution in [0.15, 0.2) is 24.3 Å². The Morgan fingerprint density at radius 1 is 1.14 bits per heavy atom. The fourth-order valence-corrected chi connectivity index (χ4v) is 2.98. The average Bonchev–Trinajstić information content (AvgIpc) is 2.94. The number of likely N-dealkylation sites (N-methyl/N-ethyl adjacent to an activating group) is 1. The van der Waals surface area contributed by atoms with Crippen molar-refractivity contribution >= 4 is 0 Å². The van der Waals surface area contributed by atoms with E-state index in [0.29, 0.717) is 0 Å². The summed E-state index contributed by atoms with van der Waals surface area (Å²) in [5.74, 6) is 0. The lowest BCUT2D eigenvalue weighted by Crippen LogP contribution is -2.31. The van der Waals surface area contributed by atoms with Crippen LogP contribution in [0.3, 0.4) is 0 Å². The van der Waals surface area contributed by atoms with E-state index in [-0.39, 0.29) is 0 Å². The van der Waals surface area contributed by atoms with Crippen LogP contribution in [0.1, 0.15) is 30.9 Å². The van der Waals surface area contributed by atoms with E-state index in [2.05, 4.69) is 60.4 Å². The second-order valence-corrected chi connectivity index (χ2v) is 6.46. The first kappa shape index (κ1) is 16.5. The maximum atomic E-state index is 3.46. The van der Waals surface area contributed by atoms with Gasteiger partial charge in [-0.05, 0) is 57.6 Å². The molecule has 1 aromatic rings. The van der Waals surface area contributed by atoms with Crippen LogP contribution < -0.4 is 5.32 Å². The van der Waals surface area contributed by atoms with Gasteiger partial charge in [-0.25, -0.2) is 0 Å². The fourth-order valence-electron chi connectivity index (χ4n) is 2.98. The minimum Gasteiger partial charge on any atom is -0.316 e. The van der Waals surface area contributed by atoms with Crippen molar-refractivity contribution in [2.45, 2.75) is 38.8 Å². The third kappa shape index (κ3) is 5.42. The summed E-state index contributed by atoms with van der Waals surface area (Å²) in [6.45, 7) is 7.95. The second kappa shape index (κ2) is 8.52. The Morgan fingerprint density at radius 3 is 2.48 bits per heavy atom. The zero-order chi connectivity index (χ0) is 15.1. The number of nitrogens with zero attached hydrogens (tertiary/aromatic N) is 2. The number of hydrogen-bond acceptors (Lipinski definition) is 3. The number of benzene rings is 1. The molecule has 0 bridgehead atoms. The first-order valence-electron chi connectivity index (χ1n) is 8.36. The smallest absolute Gasteiger partial charge is 0.0234 e. The van der Waals surface area contributed by atoms with Crippen molar-refractivity contribution in [3.8, 4) is 0 Å². The zero-order valence-electron chi connectivity index (χ0n) is 13.9. The molecule has 1 heterocycles. The van der Waals surface area contributed by atoms with E-state index >= 15 is 0 Å². The molecule has 0 radical (unpaired) electrons. The van der Waals surface area contributed by atoms with Crippen molar-refractivity contribution in [2.24, 2.45) is 0 Å². The van der Waals surface area contributed by atoms with Crippen LogP contribution in [0, 0.1) is 0 Å². The Morgan fingerprint density at radius 2 is 1.86 bits per heavy atom. The molecular weight excluding hydrogens is 258 g/mol. The monoisotopic (exact) mass is 289 g/mol. The van der Waals surface area contributed by atoms with Gasteiger partial charge < -0.3 is 10.2 Å². The van der Waals surface area contributed by atoms with Crippen LogP contribution in [0.4, 0.5) is 0 Å². The SMILES string of the molecule is CCCNCCc1ccc(CN2CCC(N(C)C)C2)cc1. The summed E-state index contributed by atoms with van der Waals surface area (Å²) in [4.78, 5) is 4.93. The summed E-state index contributed by atoms with van der Waals surface area (Å²) in [6, 6.07) is 9.93. The normalized spacial score (nSPS) is 19.5. The largest absolute Gasteiger partial charge is 0.316 e. The molecule has 1 N–H and O–H groups in total.